The van der Waals surface area contributed by atoms with Crippen LogP contribution in [0.25, 0.3) is 0 Å². The lowest BCUT2D eigenvalue weighted by atomic mass is 10.0. The maximum Gasteiger partial charge on any atom is 0.305 e. The molecule has 0 aliphatic heterocycles. The molecule has 0 spiro atoms. The summed E-state index contributed by atoms with van der Waals surface area (Å²) in [7, 11) is 0. The van der Waals surface area contributed by atoms with Crippen molar-refractivity contribution < 1.29 is 9.53 Å². The maximum atomic E-state index is 12.0. The van der Waals surface area contributed by atoms with E-state index in [0.717, 1.165) is 25.7 Å². The van der Waals surface area contributed by atoms with Crippen LogP contribution in [-0.2, 0) is 9.53 Å². The zero-order valence-electron chi connectivity index (χ0n) is 30.1. The summed E-state index contributed by atoms with van der Waals surface area (Å²) in [5.74, 6) is 0.00645. The fourth-order valence-electron chi connectivity index (χ4n) is 5.83. The van der Waals surface area contributed by atoms with Crippen molar-refractivity contribution in [3.05, 3.63) is 36.5 Å². The van der Waals surface area contributed by atoms with Crippen LogP contribution in [0.4, 0.5) is 0 Å². The standard InChI is InChI=1S/C42H78O2/c1-3-5-7-9-11-13-15-17-19-20-21-22-23-24-25-27-29-31-33-35-37-39-41-44-42(43)40-38-36-34-32-30-28-26-18-16-14-12-10-8-6-4-2/h10,12,14,16,18,26H,3-9,11,13,15,17,19-25,27-41H2,1-2H3. The molecule has 258 valence electrons. The molecule has 0 aromatic carbocycles. The lowest BCUT2D eigenvalue weighted by molar-refractivity contribution is -0.143. The quantitative estimate of drug-likeness (QED) is 0.0398. The third kappa shape index (κ3) is 38.7. The third-order valence-electron chi connectivity index (χ3n) is 8.84. The number of carbonyl (C=O) groups is 1. The minimum atomic E-state index is 0.00645. The zero-order valence-corrected chi connectivity index (χ0v) is 30.1. The smallest absolute Gasteiger partial charge is 0.305 e. The molecule has 0 N–H and O–H groups in total. The molecule has 0 fully saturated rings. The van der Waals surface area contributed by atoms with Crippen molar-refractivity contribution in [2.75, 3.05) is 6.61 Å². The highest BCUT2D eigenvalue weighted by atomic mass is 16.5. The average Bonchev–Trinajstić information content (AvgIpc) is 3.03. The van der Waals surface area contributed by atoms with Crippen LogP contribution in [0.15, 0.2) is 36.5 Å². The first-order valence-electron chi connectivity index (χ1n) is 19.9. The van der Waals surface area contributed by atoms with Crippen molar-refractivity contribution in [1.29, 1.82) is 0 Å². The lowest BCUT2D eigenvalue weighted by Crippen LogP contribution is -2.05. The van der Waals surface area contributed by atoms with Gasteiger partial charge in [-0.3, -0.25) is 4.79 Å². The molecule has 0 saturated heterocycles. The lowest BCUT2D eigenvalue weighted by Gasteiger charge is -2.06. The van der Waals surface area contributed by atoms with E-state index < -0.39 is 0 Å². The van der Waals surface area contributed by atoms with Gasteiger partial charge in [-0.25, -0.2) is 0 Å². The fourth-order valence-corrected chi connectivity index (χ4v) is 5.83. The summed E-state index contributed by atoms with van der Waals surface area (Å²) < 4.78 is 5.45. The Morgan fingerprint density at radius 2 is 0.727 bits per heavy atom. The summed E-state index contributed by atoms with van der Waals surface area (Å²) in [6.07, 6.45) is 55.1. The molecular formula is C42H78O2. The van der Waals surface area contributed by atoms with E-state index in [-0.39, 0.29) is 5.97 Å². The van der Waals surface area contributed by atoms with E-state index in [9.17, 15) is 4.79 Å². The van der Waals surface area contributed by atoms with Crippen LogP contribution >= 0.6 is 0 Å². The molecule has 0 radical (unpaired) electrons. The summed E-state index contributed by atoms with van der Waals surface area (Å²) >= 11 is 0. The molecule has 0 aliphatic rings. The van der Waals surface area contributed by atoms with Crippen molar-refractivity contribution in [1.82, 2.24) is 0 Å². The number of esters is 1. The Labute approximate surface area is 277 Å². The predicted octanol–water partition coefficient (Wildman–Crippen LogP) is 14.7. The van der Waals surface area contributed by atoms with Gasteiger partial charge in [0, 0.05) is 6.42 Å². The van der Waals surface area contributed by atoms with E-state index in [1.807, 2.05) is 0 Å². The van der Waals surface area contributed by atoms with Crippen molar-refractivity contribution in [3.63, 3.8) is 0 Å². The fraction of sp³-hybridized carbons (Fsp3) is 0.833. The van der Waals surface area contributed by atoms with Gasteiger partial charge in [0.25, 0.3) is 0 Å². The van der Waals surface area contributed by atoms with Gasteiger partial charge in [0.15, 0.2) is 0 Å². The molecule has 0 rings (SSSR count). The molecule has 0 atom stereocenters. The van der Waals surface area contributed by atoms with Gasteiger partial charge in [-0.05, 0) is 32.1 Å². The van der Waals surface area contributed by atoms with Gasteiger partial charge in [0.05, 0.1) is 6.61 Å². The summed E-state index contributed by atoms with van der Waals surface area (Å²) in [5, 5.41) is 0. The van der Waals surface area contributed by atoms with Crippen molar-refractivity contribution in [2.45, 2.75) is 219 Å². The number of hydrogen-bond donors (Lipinski definition) is 0. The summed E-state index contributed by atoms with van der Waals surface area (Å²) in [6, 6.07) is 0. The Hall–Kier alpha value is -1.31. The molecule has 0 bridgehead atoms. The van der Waals surface area contributed by atoms with Crippen LogP contribution < -0.4 is 0 Å². The molecule has 0 amide bonds. The van der Waals surface area contributed by atoms with Gasteiger partial charge in [0.2, 0.25) is 0 Å². The monoisotopic (exact) mass is 615 g/mol. The zero-order chi connectivity index (χ0) is 31.9. The molecule has 2 nitrogen and oxygen atoms in total. The first kappa shape index (κ1) is 42.7. The number of ether oxygens (including phenoxy) is 1. The van der Waals surface area contributed by atoms with Crippen LogP contribution in [-0.4, -0.2) is 12.6 Å². The van der Waals surface area contributed by atoms with Crippen LogP contribution in [0.1, 0.15) is 219 Å². The Balaban J connectivity index is 3.21. The molecule has 0 aromatic rings. The molecule has 0 heterocycles. The Morgan fingerprint density at radius 1 is 0.386 bits per heavy atom. The van der Waals surface area contributed by atoms with Crippen LogP contribution in [0.5, 0.6) is 0 Å². The average molecular weight is 615 g/mol. The van der Waals surface area contributed by atoms with Crippen molar-refractivity contribution in [2.24, 2.45) is 0 Å². The van der Waals surface area contributed by atoms with Crippen LogP contribution in [0, 0.1) is 0 Å². The number of unbranched alkanes of at least 4 members (excludes halogenated alkanes) is 28. The number of carbonyl (C=O) groups excluding carboxylic acids is 1. The Bertz CT molecular complexity index is 632. The largest absolute Gasteiger partial charge is 0.466 e. The van der Waals surface area contributed by atoms with Gasteiger partial charge in [0.1, 0.15) is 0 Å². The van der Waals surface area contributed by atoms with Crippen LogP contribution in [0.2, 0.25) is 0 Å². The second-order valence-corrected chi connectivity index (χ2v) is 13.3. The normalized spacial score (nSPS) is 12.0. The minimum absolute atomic E-state index is 0.00645. The number of rotatable bonds is 36. The van der Waals surface area contributed by atoms with Gasteiger partial charge < -0.3 is 4.74 Å². The van der Waals surface area contributed by atoms with E-state index in [2.05, 4.69) is 50.3 Å². The van der Waals surface area contributed by atoms with Gasteiger partial charge in [-0.1, -0.05) is 217 Å². The molecule has 0 unspecified atom stereocenters. The molecule has 0 aromatic heterocycles. The van der Waals surface area contributed by atoms with E-state index in [0.29, 0.717) is 13.0 Å². The Kier molecular flexibility index (Phi) is 38.5. The second-order valence-electron chi connectivity index (χ2n) is 13.3. The van der Waals surface area contributed by atoms with Crippen molar-refractivity contribution >= 4 is 5.97 Å². The molecule has 2 heteroatoms. The Morgan fingerprint density at radius 3 is 1.16 bits per heavy atom. The highest BCUT2D eigenvalue weighted by Gasteiger charge is 2.02. The predicted molar refractivity (Wildman–Crippen MR) is 197 cm³/mol. The van der Waals surface area contributed by atoms with E-state index in [1.54, 1.807) is 0 Å². The SMILES string of the molecule is CCCCC=CC=CC=CCCCCCCCC(=O)OCCCCCCCCCCCCCCCCCCCCCCCC. The highest BCUT2D eigenvalue weighted by Crippen LogP contribution is 2.15. The molecular weight excluding hydrogens is 536 g/mol. The van der Waals surface area contributed by atoms with Gasteiger partial charge in [-0.2, -0.15) is 0 Å². The summed E-state index contributed by atoms with van der Waals surface area (Å²) in [5.41, 5.74) is 0. The first-order valence-corrected chi connectivity index (χ1v) is 19.9. The minimum Gasteiger partial charge on any atom is -0.466 e. The second kappa shape index (κ2) is 39.7. The van der Waals surface area contributed by atoms with Gasteiger partial charge in [-0.15, -0.1) is 0 Å². The number of hydrogen-bond acceptors (Lipinski definition) is 2. The molecule has 0 aliphatic carbocycles. The third-order valence-corrected chi connectivity index (χ3v) is 8.84. The summed E-state index contributed by atoms with van der Waals surface area (Å²) in [4.78, 5) is 12.0. The molecule has 0 saturated carbocycles. The van der Waals surface area contributed by atoms with E-state index in [1.165, 1.54) is 173 Å². The number of allylic oxidation sites excluding steroid dienone is 6. The molecule has 44 heavy (non-hydrogen) atoms. The van der Waals surface area contributed by atoms with Crippen molar-refractivity contribution in [3.8, 4) is 0 Å². The van der Waals surface area contributed by atoms with E-state index in [4.69, 9.17) is 4.74 Å². The van der Waals surface area contributed by atoms with Gasteiger partial charge >= 0.3 is 5.97 Å². The maximum absolute atomic E-state index is 12.0. The summed E-state index contributed by atoms with van der Waals surface area (Å²) in [6.45, 7) is 5.14. The topological polar surface area (TPSA) is 26.3 Å². The first-order chi connectivity index (χ1) is 21.8. The highest BCUT2D eigenvalue weighted by molar-refractivity contribution is 5.69. The van der Waals surface area contributed by atoms with E-state index >= 15 is 0 Å². The van der Waals surface area contributed by atoms with Crippen LogP contribution in [0.3, 0.4) is 0 Å².